The highest BCUT2D eigenvalue weighted by molar-refractivity contribution is 5.85. The molecule has 2 aromatic rings. The molecule has 1 aromatic heterocycles. The fourth-order valence-electron chi connectivity index (χ4n) is 2.83. The number of hydrogen-bond donors (Lipinski definition) is 2. The summed E-state index contributed by atoms with van der Waals surface area (Å²) < 4.78 is 1.89. The summed E-state index contributed by atoms with van der Waals surface area (Å²) in [6, 6.07) is 10.2. The van der Waals surface area contributed by atoms with Gasteiger partial charge in [0, 0.05) is 25.5 Å². The third-order valence-corrected chi connectivity index (χ3v) is 4.03. The van der Waals surface area contributed by atoms with Crippen molar-refractivity contribution in [3.05, 3.63) is 53.9 Å². The molecule has 5 nitrogen and oxygen atoms in total. The number of rotatable bonds is 5. The van der Waals surface area contributed by atoms with Crippen molar-refractivity contribution in [3.8, 4) is 0 Å². The summed E-state index contributed by atoms with van der Waals surface area (Å²) in [5, 5.41) is 10.5. The van der Waals surface area contributed by atoms with E-state index in [4.69, 9.17) is 0 Å². The van der Waals surface area contributed by atoms with Gasteiger partial charge in [0.2, 0.25) is 5.91 Å². The standard InChI is InChI=1S/C17H22N4O.ClH/c22-17(16-6-2-7-18-12-16)19-11-14-4-1-5-15(10-14)13-21-9-3-8-20-21;/h1,3-5,8-10,16,18H,2,6-7,11-13H2,(H,19,22);1H. The number of hydrogen-bond acceptors (Lipinski definition) is 3. The summed E-state index contributed by atoms with van der Waals surface area (Å²) in [5.41, 5.74) is 2.32. The minimum atomic E-state index is 0. The molecule has 1 aliphatic heterocycles. The van der Waals surface area contributed by atoms with Gasteiger partial charge in [-0.1, -0.05) is 24.3 Å². The fraction of sp³-hybridized carbons (Fsp3) is 0.412. The predicted molar refractivity (Wildman–Crippen MR) is 92.5 cm³/mol. The Morgan fingerprint density at radius 2 is 2.22 bits per heavy atom. The molecule has 0 bridgehead atoms. The van der Waals surface area contributed by atoms with Gasteiger partial charge in [0.1, 0.15) is 0 Å². The maximum Gasteiger partial charge on any atom is 0.224 e. The molecule has 2 heterocycles. The van der Waals surface area contributed by atoms with Crippen LogP contribution in [0.4, 0.5) is 0 Å². The van der Waals surface area contributed by atoms with Gasteiger partial charge in [0.15, 0.2) is 0 Å². The number of carbonyl (C=O) groups excluding carboxylic acids is 1. The van der Waals surface area contributed by atoms with Crippen molar-refractivity contribution < 1.29 is 4.79 Å². The summed E-state index contributed by atoms with van der Waals surface area (Å²) in [7, 11) is 0. The van der Waals surface area contributed by atoms with Gasteiger partial charge in [0.25, 0.3) is 0 Å². The third-order valence-electron chi connectivity index (χ3n) is 4.03. The van der Waals surface area contributed by atoms with Crippen LogP contribution in [0.3, 0.4) is 0 Å². The van der Waals surface area contributed by atoms with Gasteiger partial charge in [-0.15, -0.1) is 12.4 Å². The molecule has 1 atom stereocenters. The lowest BCUT2D eigenvalue weighted by atomic mass is 9.99. The van der Waals surface area contributed by atoms with Gasteiger partial charge in [-0.2, -0.15) is 5.10 Å². The molecule has 3 rings (SSSR count). The van der Waals surface area contributed by atoms with Crippen molar-refractivity contribution in [1.29, 1.82) is 0 Å². The second-order valence-electron chi connectivity index (χ2n) is 5.78. The molecule has 1 saturated heterocycles. The Hall–Kier alpha value is -1.85. The van der Waals surface area contributed by atoms with Crippen molar-refractivity contribution in [3.63, 3.8) is 0 Å². The molecule has 124 valence electrons. The highest BCUT2D eigenvalue weighted by atomic mass is 35.5. The quantitative estimate of drug-likeness (QED) is 0.879. The molecule has 2 N–H and O–H groups in total. The summed E-state index contributed by atoms with van der Waals surface area (Å²) >= 11 is 0. The number of nitrogens with one attached hydrogen (secondary N) is 2. The lowest BCUT2D eigenvalue weighted by Gasteiger charge is -2.21. The Labute approximate surface area is 142 Å². The van der Waals surface area contributed by atoms with Crippen molar-refractivity contribution in [2.75, 3.05) is 13.1 Å². The summed E-state index contributed by atoms with van der Waals surface area (Å²) in [5.74, 6) is 0.269. The molecule has 1 aromatic carbocycles. The number of aromatic nitrogens is 2. The van der Waals surface area contributed by atoms with E-state index in [2.05, 4.69) is 27.9 Å². The van der Waals surface area contributed by atoms with Crippen LogP contribution in [0.5, 0.6) is 0 Å². The number of amides is 1. The number of piperidine rings is 1. The van der Waals surface area contributed by atoms with Crippen molar-refractivity contribution in [2.24, 2.45) is 5.92 Å². The van der Waals surface area contributed by atoms with Gasteiger partial charge in [0.05, 0.1) is 12.5 Å². The monoisotopic (exact) mass is 334 g/mol. The SMILES string of the molecule is Cl.O=C(NCc1cccc(Cn2cccn2)c1)C1CCCNC1. The van der Waals surface area contributed by atoms with Crippen LogP contribution in [0.15, 0.2) is 42.7 Å². The molecule has 1 amide bonds. The average Bonchev–Trinajstić information content (AvgIpc) is 3.07. The van der Waals surface area contributed by atoms with E-state index in [1.807, 2.05) is 29.1 Å². The van der Waals surface area contributed by atoms with Crippen molar-refractivity contribution in [2.45, 2.75) is 25.9 Å². The second-order valence-corrected chi connectivity index (χ2v) is 5.78. The number of nitrogens with zero attached hydrogens (tertiary/aromatic N) is 2. The van der Waals surface area contributed by atoms with Gasteiger partial charge >= 0.3 is 0 Å². The summed E-state index contributed by atoms with van der Waals surface area (Å²) in [6.45, 7) is 3.16. The van der Waals surface area contributed by atoms with E-state index in [1.54, 1.807) is 6.20 Å². The Morgan fingerprint density at radius 1 is 1.35 bits per heavy atom. The Bertz CT molecular complexity index is 609. The van der Waals surface area contributed by atoms with Crippen molar-refractivity contribution in [1.82, 2.24) is 20.4 Å². The largest absolute Gasteiger partial charge is 0.352 e. The average molecular weight is 335 g/mol. The number of benzene rings is 1. The van der Waals surface area contributed by atoms with Crippen LogP contribution in [0.1, 0.15) is 24.0 Å². The Balaban J connectivity index is 0.00000192. The van der Waals surface area contributed by atoms with E-state index in [9.17, 15) is 4.79 Å². The molecule has 0 aliphatic carbocycles. The first kappa shape index (κ1) is 17.5. The smallest absolute Gasteiger partial charge is 0.224 e. The summed E-state index contributed by atoms with van der Waals surface area (Å²) in [4.78, 5) is 12.1. The Morgan fingerprint density at radius 3 is 2.96 bits per heavy atom. The van der Waals surface area contributed by atoms with E-state index >= 15 is 0 Å². The molecule has 6 heteroatoms. The van der Waals surface area contributed by atoms with E-state index < -0.39 is 0 Å². The highest BCUT2D eigenvalue weighted by Crippen LogP contribution is 2.11. The van der Waals surface area contributed by atoms with Gasteiger partial charge in [-0.05, 0) is 36.6 Å². The lowest BCUT2D eigenvalue weighted by molar-refractivity contribution is -0.125. The molecule has 1 aliphatic rings. The molecule has 23 heavy (non-hydrogen) atoms. The second kappa shape index (κ2) is 8.70. The molecule has 1 fully saturated rings. The van der Waals surface area contributed by atoms with Crippen LogP contribution < -0.4 is 10.6 Å². The molecular formula is C17H23ClN4O. The zero-order valence-electron chi connectivity index (χ0n) is 13.1. The fourth-order valence-corrected chi connectivity index (χ4v) is 2.83. The van der Waals surface area contributed by atoms with Crippen LogP contribution >= 0.6 is 12.4 Å². The highest BCUT2D eigenvalue weighted by Gasteiger charge is 2.20. The van der Waals surface area contributed by atoms with Gasteiger partial charge in [-0.3, -0.25) is 9.48 Å². The topological polar surface area (TPSA) is 59.0 Å². The first-order valence-corrected chi connectivity index (χ1v) is 7.85. The maximum absolute atomic E-state index is 12.1. The van der Waals surface area contributed by atoms with E-state index in [0.29, 0.717) is 6.54 Å². The minimum absolute atomic E-state index is 0. The minimum Gasteiger partial charge on any atom is -0.352 e. The van der Waals surface area contributed by atoms with Crippen LogP contribution in [-0.4, -0.2) is 28.8 Å². The first-order chi connectivity index (χ1) is 10.8. The zero-order valence-corrected chi connectivity index (χ0v) is 13.9. The van der Waals surface area contributed by atoms with Crippen molar-refractivity contribution >= 4 is 18.3 Å². The molecule has 0 radical (unpaired) electrons. The van der Waals surface area contributed by atoms with E-state index in [0.717, 1.165) is 38.0 Å². The Kier molecular flexibility index (Phi) is 6.62. The molecular weight excluding hydrogens is 312 g/mol. The lowest BCUT2D eigenvalue weighted by Crippen LogP contribution is -2.40. The molecule has 0 spiro atoms. The van der Waals surface area contributed by atoms with Gasteiger partial charge < -0.3 is 10.6 Å². The third kappa shape index (κ3) is 5.08. The van der Waals surface area contributed by atoms with Crippen LogP contribution in [0.25, 0.3) is 0 Å². The van der Waals surface area contributed by atoms with Crippen LogP contribution in [0.2, 0.25) is 0 Å². The maximum atomic E-state index is 12.1. The van der Waals surface area contributed by atoms with E-state index in [1.165, 1.54) is 5.56 Å². The van der Waals surface area contributed by atoms with Crippen LogP contribution in [-0.2, 0) is 17.9 Å². The van der Waals surface area contributed by atoms with Crippen LogP contribution in [0, 0.1) is 5.92 Å². The number of halogens is 1. The molecule has 1 unspecified atom stereocenters. The molecule has 0 saturated carbocycles. The first-order valence-electron chi connectivity index (χ1n) is 7.85. The van der Waals surface area contributed by atoms with E-state index in [-0.39, 0.29) is 24.2 Å². The normalized spacial score (nSPS) is 17.3. The summed E-state index contributed by atoms with van der Waals surface area (Å²) in [6.07, 6.45) is 5.79. The zero-order chi connectivity index (χ0) is 15.2. The van der Waals surface area contributed by atoms with Gasteiger partial charge in [-0.25, -0.2) is 0 Å². The number of carbonyl (C=O) groups is 1. The predicted octanol–water partition coefficient (Wildman–Crippen LogP) is 1.97.